The van der Waals surface area contributed by atoms with Crippen molar-refractivity contribution in [2.24, 2.45) is 0 Å². The van der Waals surface area contributed by atoms with Gasteiger partial charge in [0.15, 0.2) is 0 Å². The Morgan fingerprint density at radius 2 is 1.56 bits per heavy atom. The highest BCUT2D eigenvalue weighted by Gasteiger charge is 2.07. The van der Waals surface area contributed by atoms with Crippen molar-refractivity contribution in [1.29, 1.82) is 0 Å². The summed E-state index contributed by atoms with van der Waals surface area (Å²) in [6, 6.07) is 19.2. The van der Waals surface area contributed by atoms with Gasteiger partial charge in [0.1, 0.15) is 0 Å². The van der Waals surface area contributed by atoms with Crippen molar-refractivity contribution in [3.05, 3.63) is 64.6 Å². The smallest absolute Gasteiger partial charge is 0.0210 e. The maximum Gasteiger partial charge on any atom is 0.0210 e. The molecule has 0 heterocycles. The first-order valence-electron chi connectivity index (χ1n) is 5.27. The molecule has 2 aromatic rings. The number of hydrogen-bond donors (Lipinski definition) is 0. The molecular formula is C14H14BrP. The van der Waals surface area contributed by atoms with Crippen LogP contribution in [-0.2, 0) is 6.16 Å². The van der Waals surface area contributed by atoms with Crippen LogP contribution in [0.3, 0.4) is 0 Å². The molecule has 0 saturated heterocycles. The zero-order chi connectivity index (χ0) is 11.4. The first-order chi connectivity index (χ1) is 7.77. The Balaban J connectivity index is 2.14. The Bertz CT molecular complexity index is 453. The van der Waals surface area contributed by atoms with Crippen LogP contribution >= 0.6 is 23.9 Å². The summed E-state index contributed by atoms with van der Waals surface area (Å²) in [4.78, 5) is 0. The maximum atomic E-state index is 3.61. The highest BCUT2D eigenvalue weighted by molar-refractivity contribution is 9.10. The average Bonchev–Trinajstić information content (AvgIpc) is 2.33. The minimum atomic E-state index is -0.0982. The molecule has 0 aliphatic heterocycles. The molecule has 0 saturated carbocycles. The van der Waals surface area contributed by atoms with Gasteiger partial charge in [-0.25, -0.2) is 0 Å². The fraction of sp³-hybridized carbons (Fsp3) is 0.143. The van der Waals surface area contributed by atoms with Crippen molar-refractivity contribution in [2.45, 2.75) is 6.16 Å². The summed E-state index contributed by atoms with van der Waals surface area (Å²) in [5.74, 6) is 0. The predicted octanol–water partition coefficient (Wildman–Crippen LogP) is 4.39. The molecule has 2 heteroatoms. The lowest BCUT2D eigenvalue weighted by molar-refractivity contribution is 1.37. The summed E-state index contributed by atoms with van der Waals surface area (Å²) in [5, 5.41) is 1.47. The Morgan fingerprint density at radius 3 is 2.25 bits per heavy atom. The van der Waals surface area contributed by atoms with E-state index in [1.165, 1.54) is 15.3 Å². The lowest BCUT2D eigenvalue weighted by atomic mass is 10.2. The van der Waals surface area contributed by atoms with Crippen molar-refractivity contribution in [2.75, 3.05) is 6.66 Å². The fourth-order valence-corrected chi connectivity index (χ4v) is 3.95. The molecule has 0 fully saturated rings. The van der Waals surface area contributed by atoms with E-state index in [9.17, 15) is 0 Å². The third kappa shape index (κ3) is 2.93. The SMILES string of the molecule is CP(Cc1ccccc1Br)c1ccccc1. The molecular weight excluding hydrogens is 279 g/mol. The normalized spacial score (nSPS) is 12.4. The number of halogens is 1. The molecule has 0 amide bonds. The third-order valence-electron chi connectivity index (χ3n) is 2.56. The molecule has 0 bridgehead atoms. The van der Waals surface area contributed by atoms with Gasteiger partial charge in [0, 0.05) is 4.47 Å². The van der Waals surface area contributed by atoms with Crippen molar-refractivity contribution in [3.63, 3.8) is 0 Å². The number of rotatable bonds is 3. The van der Waals surface area contributed by atoms with Crippen LogP contribution in [0.25, 0.3) is 0 Å². The predicted molar refractivity (Wildman–Crippen MR) is 76.8 cm³/mol. The van der Waals surface area contributed by atoms with Crippen molar-refractivity contribution >= 4 is 29.2 Å². The van der Waals surface area contributed by atoms with E-state index in [4.69, 9.17) is 0 Å². The lowest BCUT2D eigenvalue weighted by Gasteiger charge is -2.13. The molecule has 1 atom stereocenters. The summed E-state index contributed by atoms with van der Waals surface area (Å²) in [6.07, 6.45) is 1.14. The standard InChI is InChI=1S/C14H14BrP/c1-16(13-8-3-2-4-9-13)11-12-7-5-6-10-14(12)15/h2-10H,11H2,1H3. The third-order valence-corrected chi connectivity index (χ3v) is 5.33. The van der Waals surface area contributed by atoms with Crippen LogP contribution in [0.1, 0.15) is 5.56 Å². The quantitative estimate of drug-likeness (QED) is 0.736. The van der Waals surface area contributed by atoms with Gasteiger partial charge in [-0.05, 0) is 29.8 Å². The monoisotopic (exact) mass is 292 g/mol. The molecule has 0 aliphatic rings. The van der Waals surface area contributed by atoms with Crippen molar-refractivity contribution in [3.8, 4) is 0 Å². The van der Waals surface area contributed by atoms with Crippen molar-refractivity contribution < 1.29 is 0 Å². The molecule has 0 radical (unpaired) electrons. The van der Waals surface area contributed by atoms with E-state index in [1.807, 2.05) is 0 Å². The topological polar surface area (TPSA) is 0 Å². The molecule has 82 valence electrons. The first kappa shape index (κ1) is 11.8. The van der Waals surface area contributed by atoms with Crippen LogP contribution in [0.5, 0.6) is 0 Å². The van der Waals surface area contributed by atoms with Gasteiger partial charge >= 0.3 is 0 Å². The number of hydrogen-bond acceptors (Lipinski definition) is 0. The highest BCUT2D eigenvalue weighted by atomic mass is 79.9. The second kappa shape index (κ2) is 5.61. The second-order valence-electron chi connectivity index (χ2n) is 3.78. The van der Waals surface area contributed by atoms with Crippen LogP contribution in [0.2, 0.25) is 0 Å². The van der Waals surface area contributed by atoms with E-state index in [0.29, 0.717) is 0 Å². The molecule has 0 N–H and O–H groups in total. The molecule has 1 unspecified atom stereocenters. The number of benzene rings is 2. The van der Waals surface area contributed by atoms with E-state index in [2.05, 4.69) is 77.2 Å². The molecule has 0 nitrogen and oxygen atoms in total. The molecule has 0 aromatic heterocycles. The summed E-state index contributed by atoms with van der Waals surface area (Å²) >= 11 is 3.61. The van der Waals surface area contributed by atoms with Crippen LogP contribution in [0, 0.1) is 0 Å². The Kier molecular flexibility index (Phi) is 4.15. The van der Waals surface area contributed by atoms with Gasteiger partial charge in [-0.15, -0.1) is 0 Å². The van der Waals surface area contributed by atoms with Crippen LogP contribution < -0.4 is 5.30 Å². The lowest BCUT2D eigenvalue weighted by Crippen LogP contribution is -2.00. The van der Waals surface area contributed by atoms with Gasteiger partial charge in [0.2, 0.25) is 0 Å². The van der Waals surface area contributed by atoms with Gasteiger partial charge in [-0.3, -0.25) is 0 Å². The van der Waals surface area contributed by atoms with Gasteiger partial charge in [0.05, 0.1) is 0 Å². The van der Waals surface area contributed by atoms with Gasteiger partial charge < -0.3 is 0 Å². The average molecular weight is 293 g/mol. The van der Waals surface area contributed by atoms with Crippen LogP contribution in [-0.4, -0.2) is 6.66 Å². The van der Waals surface area contributed by atoms with Crippen LogP contribution in [0.15, 0.2) is 59.1 Å². The molecule has 0 spiro atoms. The molecule has 2 aromatic carbocycles. The van der Waals surface area contributed by atoms with Gasteiger partial charge in [-0.2, -0.15) is 0 Å². The van der Waals surface area contributed by atoms with E-state index in [-0.39, 0.29) is 7.92 Å². The first-order valence-corrected chi connectivity index (χ1v) is 8.03. The second-order valence-corrected chi connectivity index (χ2v) is 6.87. The van der Waals surface area contributed by atoms with Gasteiger partial charge in [-0.1, -0.05) is 72.4 Å². The maximum absolute atomic E-state index is 3.61. The Morgan fingerprint density at radius 1 is 0.938 bits per heavy atom. The minimum absolute atomic E-state index is 0.0982. The minimum Gasteiger partial charge on any atom is -0.0740 e. The molecule has 2 rings (SSSR count). The van der Waals surface area contributed by atoms with Crippen molar-refractivity contribution in [1.82, 2.24) is 0 Å². The summed E-state index contributed by atoms with van der Waals surface area (Å²) in [7, 11) is -0.0982. The van der Waals surface area contributed by atoms with E-state index in [1.54, 1.807) is 0 Å². The molecule has 16 heavy (non-hydrogen) atoms. The van der Waals surface area contributed by atoms with E-state index >= 15 is 0 Å². The summed E-state index contributed by atoms with van der Waals surface area (Å²) in [5.41, 5.74) is 1.40. The fourth-order valence-electron chi connectivity index (χ4n) is 1.66. The van der Waals surface area contributed by atoms with E-state index < -0.39 is 0 Å². The Hall–Kier alpha value is -0.650. The summed E-state index contributed by atoms with van der Waals surface area (Å²) in [6.45, 7) is 2.34. The zero-order valence-electron chi connectivity index (χ0n) is 9.23. The van der Waals surface area contributed by atoms with Gasteiger partial charge in [0.25, 0.3) is 0 Å². The highest BCUT2D eigenvalue weighted by Crippen LogP contribution is 2.36. The summed E-state index contributed by atoms with van der Waals surface area (Å²) < 4.78 is 1.22. The largest absolute Gasteiger partial charge is 0.0740 e. The molecule has 0 aliphatic carbocycles. The Labute approximate surface area is 107 Å². The zero-order valence-corrected chi connectivity index (χ0v) is 11.7. The van der Waals surface area contributed by atoms with Crippen LogP contribution in [0.4, 0.5) is 0 Å². The van der Waals surface area contributed by atoms with E-state index in [0.717, 1.165) is 6.16 Å².